The lowest BCUT2D eigenvalue weighted by atomic mass is 9.87. The number of hydrogen-bond donors (Lipinski definition) is 1. The van der Waals surface area contributed by atoms with Crippen molar-refractivity contribution < 1.29 is 14.4 Å². The fourth-order valence-corrected chi connectivity index (χ4v) is 3.14. The van der Waals surface area contributed by atoms with Crippen LogP contribution in [-0.4, -0.2) is 41.3 Å². The first kappa shape index (κ1) is 14.8. The number of carbonyl (C=O) groups is 1. The van der Waals surface area contributed by atoms with Gasteiger partial charge < -0.3 is 14.5 Å². The first-order valence-corrected chi connectivity index (χ1v) is 7.63. The number of aromatic carboxylic acids is 1. The number of nitrogens with zero attached hydrogens (tertiary/aromatic N) is 2. The van der Waals surface area contributed by atoms with Gasteiger partial charge in [-0.2, -0.15) is 0 Å². The van der Waals surface area contributed by atoms with Gasteiger partial charge in [-0.05, 0) is 50.9 Å². The largest absolute Gasteiger partial charge is 0.475 e. The van der Waals surface area contributed by atoms with Gasteiger partial charge in [0.25, 0.3) is 0 Å². The molecule has 5 heteroatoms. The summed E-state index contributed by atoms with van der Waals surface area (Å²) in [6.07, 6.45) is 3.43. The second-order valence-corrected chi connectivity index (χ2v) is 5.90. The molecule has 2 aromatic rings. The fourth-order valence-electron chi connectivity index (χ4n) is 3.14. The Labute approximate surface area is 129 Å². The predicted octanol–water partition coefficient (Wildman–Crippen LogP) is 3.24. The molecule has 1 aromatic heterocycles. The number of carboxylic acids is 1. The molecular formula is C17H20N2O3. The van der Waals surface area contributed by atoms with E-state index in [2.05, 4.69) is 23.2 Å². The van der Waals surface area contributed by atoms with E-state index in [1.165, 1.54) is 18.1 Å². The van der Waals surface area contributed by atoms with Crippen LogP contribution in [0.4, 0.5) is 0 Å². The molecule has 1 atom stereocenters. The highest BCUT2D eigenvalue weighted by molar-refractivity contribution is 5.85. The summed E-state index contributed by atoms with van der Waals surface area (Å²) in [5.74, 6) is -0.733. The van der Waals surface area contributed by atoms with E-state index in [1.54, 1.807) is 0 Å². The third kappa shape index (κ3) is 3.04. The van der Waals surface area contributed by atoms with Crippen LogP contribution in [0.3, 0.4) is 0 Å². The molecule has 0 saturated carbocycles. The van der Waals surface area contributed by atoms with E-state index in [0.717, 1.165) is 31.5 Å². The molecular weight excluding hydrogens is 280 g/mol. The zero-order chi connectivity index (χ0) is 15.5. The smallest absolute Gasteiger partial charge is 0.374 e. The van der Waals surface area contributed by atoms with E-state index < -0.39 is 5.97 Å². The minimum atomic E-state index is -1.09. The molecule has 0 spiro atoms. The zero-order valence-electron chi connectivity index (χ0n) is 12.7. The molecule has 116 valence electrons. The van der Waals surface area contributed by atoms with Crippen molar-refractivity contribution in [2.24, 2.45) is 0 Å². The van der Waals surface area contributed by atoms with Crippen LogP contribution in [0.5, 0.6) is 0 Å². The number of hydrogen-bond acceptors (Lipinski definition) is 4. The van der Waals surface area contributed by atoms with Gasteiger partial charge in [-0.1, -0.05) is 29.4 Å². The summed E-state index contributed by atoms with van der Waals surface area (Å²) in [6, 6.07) is 9.61. The Balaban J connectivity index is 1.93. The van der Waals surface area contributed by atoms with Gasteiger partial charge in [-0.3, -0.25) is 0 Å². The molecule has 5 nitrogen and oxygen atoms in total. The second kappa shape index (κ2) is 6.32. The number of rotatable bonds is 3. The lowest BCUT2D eigenvalue weighted by molar-refractivity contribution is 0.0652. The van der Waals surface area contributed by atoms with Gasteiger partial charge in [0.05, 0.1) is 0 Å². The molecule has 2 heterocycles. The van der Waals surface area contributed by atoms with Crippen molar-refractivity contribution in [3.63, 3.8) is 0 Å². The molecule has 0 bridgehead atoms. The van der Waals surface area contributed by atoms with Crippen LogP contribution in [0.1, 0.15) is 41.3 Å². The van der Waals surface area contributed by atoms with E-state index in [-0.39, 0.29) is 5.76 Å². The maximum atomic E-state index is 11.0. The normalized spacial score (nSPS) is 19.8. The highest BCUT2D eigenvalue weighted by Gasteiger charge is 2.21. The Morgan fingerprint density at radius 1 is 1.32 bits per heavy atom. The first-order valence-electron chi connectivity index (χ1n) is 7.63. The van der Waals surface area contributed by atoms with Crippen LogP contribution in [0.15, 0.2) is 34.9 Å². The molecule has 1 aromatic carbocycles. The van der Waals surface area contributed by atoms with Crippen molar-refractivity contribution >= 4 is 5.97 Å². The van der Waals surface area contributed by atoms with Crippen LogP contribution in [0.25, 0.3) is 11.3 Å². The molecule has 1 saturated heterocycles. The summed E-state index contributed by atoms with van der Waals surface area (Å²) in [5.41, 5.74) is 2.82. The first-order chi connectivity index (χ1) is 10.6. The quantitative estimate of drug-likeness (QED) is 0.942. The zero-order valence-corrected chi connectivity index (χ0v) is 12.7. The lowest BCUT2D eigenvalue weighted by Crippen LogP contribution is -2.18. The summed E-state index contributed by atoms with van der Waals surface area (Å²) >= 11 is 0. The average Bonchev–Trinajstić information content (AvgIpc) is 2.91. The minimum absolute atomic E-state index is 0.120. The molecule has 22 heavy (non-hydrogen) atoms. The van der Waals surface area contributed by atoms with Crippen LogP contribution < -0.4 is 0 Å². The van der Waals surface area contributed by atoms with E-state index in [9.17, 15) is 4.79 Å². The standard InChI is InChI=1S/C17H20N2O3/c1-19-9-4-5-12(8-10-19)13-6-2-3-7-14(13)15-11-16(17(20)21)22-18-15/h2-3,6-7,11-12H,4-5,8-10H2,1H3,(H,20,21). The van der Waals surface area contributed by atoms with Crippen LogP contribution in [0, 0.1) is 0 Å². The van der Waals surface area contributed by atoms with Gasteiger partial charge in [-0.25, -0.2) is 4.79 Å². The average molecular weight is 300 g/mol. The van der Waals surface area contributed by atoms with Gasteiger partial charge in [0.1, 0.15) is 5.69 Å². The topological polar surface area (TPSA) is 66.6 Å². The Bertz CT molecular complexity index is 665. The van der Waals surface area contributed by atoms with Crippen molar-refractivity contribution in [1.29, 1.82) is 0 Å². The predicted molar refractivity (Wildman–Crippen MR) is 83.0 cm³/mol. The van der Waals surface area contributed by atoms with Gasteiger partial charge in [0, 0.05) is 11.6 Å². The summed E-state index contributed by atoms with van der Waals surface area (Å²) in [5, 5.41) is 12.9. The molecule has 1 aliphatic rings. The van der Waals surface area contributed by atoms with E-state index in [1.807, 2.05) is 18.2 Å². The maximum absolute atomic E-state index is 11.0. The third-order valence-electron chi connectivity index (χ3n) is 4.35. The van der Waals surface area contributed by atoms with Crippen molar-refractivity contribution in [1.82, 2.24) is 10.1 Å². The minimum Gasteiger partial charge on any atom is -0.475 e. The molecule has 3 rings (SSSR count). The van der Waals surface area contributed by atoms with Gasteiger partial charge >= 0.3 is 5.97 Å². The van der Waals surface area contributed by atoms with Gasteiger partial charge in [0.2, 0.25) is 5.76 Å². The van der Waals surface area contributed by atoms with E-state index in [4.69, 9.17) is 9.63 Å². The van der Waals surface area contributed by atoms with Crippen molar-refractivity contribution in [2.45, 2.75) is 25.2 Å². The second-order valence-electron chi connectivity index (χ2n) is 5.90. The monoisotopic (exact) mass is 300 g/mol. The SMILES string of the molecule is CN1CCCC(c2ccccc2-c2cc(C(=O)O)on2)CC1. The van der Waals surface area contributed by atoms with Crippen LogP contribution in [-0.2, 0) is 0 Å². The highest BCUT2D eigenvalue weighted by atomic mass is 16.5. The molecule has 0 radical (unpaired) electrons. The number of carboxylic acid groups (broad SMARTS) is 1. The van der Waals surface area contributed by atoms with Crippen LogP contribution in [0.2, 0.25) is 0 Å². The van der Waals surface area contributed by atoms with Gasteiger partial charge in [0.15, 0.2) is 0 Å². The van der Waals surface area contributed by atoms with Crippen molar-refractivity contribution in [3.05, 3.63) is 41.7 Å². The van der Waals surface area contributed by atoms with E-state index >= 15 is 0 Å². The van der Waals surface area contributed by atoms with E-state index in [0.29, 0.717) is 11.6 Å². The summed E-state index contributed by atoms with van der Waals surface area (Å²) in [6.45, 7) is 2.21. The molecule has 1 unspecified atom stereocenters. The Morgan fingerprint density at radius 3 is 2.91 bits per heavy atom. The summed E-state index contributed by atoms with van der Waals surface area (Å²) < 4.78 is 4.91. The molecule has 1 aliphatic heterocycles. The summed E-state index contributed by atoms with van der Waals surface area (Å²) in [4.78, 5) is 13.3. The lowest BCUT2D eigenvalue weighted by Gasteiger charge is -2.18. The Hall–Kier alpha value is -2.14. The summed E-state index contributed by atoms with van der Waals surface area (Å²) in [7, 11) is 2.16. The molecule has 1 fully saturated rings. The fraction of sp³-hybridized carbons (Fsp3) is 0.412. The van der Waals surface area contributed by atoms with Gasteiger partial charge in [-0.15, -0.1) is 0 Å². The van der Waals surface area contributed by atoms with Crippen molar-refractivity contribution in [3.8, 4) is 11.3 Å². The number of benzene rings is 1. The third-order valence-corrected chi connectivity index (χ3v) is 4.35. The highest BCUT2D eigenvalue weighted by Crippen LogP contribution is 2.34. The Morgan fingerprint density at radius 2 is 2.14 bits per heavy atom. The molecule has 1 N–H and O–H groups in total. The van der Waals surface area contributed by atoms with Crippen LogP contribution >= 0.6 is 0 Å². The molecule has 0 amide bonds. The molecule has 0 aliphatic carbocycles. The maximum Gasteiger partial charge on any atom is 0.374 e. The van der Waals surface area contributed by atoms with Crippen molar-refractivity contribution in [2.75, 3.05) is 20.1 Å². The number of likely N-dealkylation sites (tertiary alicyclic amines) is 1. The number of aromatic nitrogens is 1. The Kier molecular flexibility index (Phi) is 4.24.